The zero-order valence-corrected chi connectivity index (χ0v) is 12.2. The number of rotatable bonds is 3. The van der Waals surface area contributed by atoms with Gasteiger partial charge in [-0.15, -0.1) is 0 Å². The molecule has 0 radical (unpaired) electrons. The Balaban J connectivity index is 1.57. The normalized spacial score (nSPS) is 14.0. The van der Waals surface area contributed by atoms with Crippen molar-refractivity contribution in [3.05, 3.63) is 54.3 Å². The lowest BCUT2D eigenvalue weighted by atomic mass is 10.2. The molecule has 2 amide bonds. The molecule has 0 aromatic heterocycles. The van der Waals surface area contributed by atoms with Gasteiger partial charge in [0.2, 0.25) is 0 Å². The number of nitrogens with one attached hydrogen (secondary N) is 2. The Kier molecular flexibility index (Phi) is 4.23. The monoisotopic (exact) mass is 299 g/mol. The number of hydrogen-bond donors (Lipinski definition) is 2. The molecule has 3 rings (SSSR count). The van der Waals surface area contributed by atoms with Crippen LogP contribution in [0, 0.1) is 5.82 Å². The van der Waals surface area contributed by atoms with Crippen LogP contribution in [0.2, 0.25) is 0 Å². The number of urea groups is 1. The Labute approximate surface area is 128 Å². The van der Waals surface area contributed by atoms with E-state index in [0.717, 1.165) is 18.8 Å². The lowest BCUT2D eigenvalue weighted by molar-refractivity contribution is 0.262. The minimum absolute atomic E-state index is 0.330. The molecule has 1 aliphatic heterocycles. The van der Waals surface area contributed by atoms with Crippen molar-refractivity contribution in [2.45, 2.75) is 12.8 Å². The van der Waals surface area contributed by atoms with Crippen LogP contribution in [0.15, 0.2) is 48.5 Å². The van der Waals surface area contributed by atoms with Crippen LogP contribution >= 0.6 is 0 Å². The molecule has 4 nitrogen and oxygen atoms in total. The molecule has 0 aliphatic carbocycles. The van der Waals surface area contributed by atoms with Gasteiger partial charge in [0.1, 0.15) is 5.82 Å². The molecule has 1 fully saturated rings. The number of nitrogens with zero attached hydrogens (tertiary/aromatic N) is 1. The van der Waals surface area contributed by atoms with Crippen LogP contribution < -0.4 is 15.5 Å². The highest BCUT2D eigenvalue weighted by Gasteiger charge is 2.12. The van der Waals surface area contributed by atoms with Gasteiger partial charge >= 0.3 is 6.03 Å². The third-order valence-electron chi connectivity index (χ3n) is 3.70. The number of benzene rings is 2. The smallest absolute Gasteiger partial charge is 0.323 e. The molecule has 1 aliphatic rings. The average molecular weight is 299 g/mol. The Morgan fingerprint density at radius 2 is 1.36 bits per heavy atom. The Morgan fingerprint density at radius 3 is 1.91 bits per heavy atom. The summed E-state index contributed by atoms with van der Waals surface area (Å²) in [5.41, 5.74) is 2.46. The zero-order valence-electron chi connectivity index (χ0n) is 12.2. The maximum Gasteiger partial charge on any atom is 0.323 e. The highest BCUT2D eigenvalue weighted by molar-refractivity contribution is 5.99. The van der Waals surface area contributed by atoms with Crippen LogP contribution in [0.3, 0.4) is 0 Å². The standard InChI is InChI=1S/C17H18FN3O/c18-13-3-5-14(6-4-13)19-17(22)20-15-7-9-16(10-8-15)21-11-1-2-12-21/h3-10H,1-2,11-12H2,(H2,19,20,22). The molecule has 2 aromatic rings. The predicted molar refractivity (Wildman–Crippen MR) is 86.9 cm³/mol. The second kappa shape index (κ2) is 6.47. The molecule has 0 unspecified atom stereocenters. The van der Waals surface area contributed by atoms with Crippen molar-refractivity contribution in [2.24, 2.45) is 0 Å². The molecular weight excluding hydrogens is 281 g/mol. The average Bonchev–Trinajstić information content (AvgIpc) is 3.05. The molecule has 1 heterocycles. The van der Waals surface area contributed by atoms with Crippen molar-refractivity contribution in [1.82, 2.24) is 0 Å². The first-order chi connectivity index (χ1) is 10.7. The SMILES string of the molecule is O=C(Nc1ccc(F)cc1)Nc1ccc(N2CCCC2)cc1. The number of carbonyl (C=O) groups excluding carboxylic acids is 1. The fourth-order valence-corrected chi connectivity index (χ4v) is 2.56. The fraction of sp³-hybridized carbons (Fsp3) is 0.235. The van der Waals surface area contributed by atoms with Crippen LogP contribution in [0.4, 0.5) is 26.2 Å². The summed E-state index contributed by atoms with van der Waals surface area (Å²) in [7, 11) is 0. The summed E-state index contributed by atoms with van der Waals surface area (Å²) in [5.74, 6) is -0.330. The maximum atomic E-state index is 12.8. The first-order valence-corrected chi connectivity index (χ1v) is 7.39. The van der Waals surface area contributed by atoms with Gasteiger partial charge in [0.15, 0.2) is 0 Å². The lowest BCUT2D eigenvalue weighted by Gasteiger charge is -2.17. The highest BCUT2D eigenvalue weighted by atomic mass is 19.1. The fourth-order valence-electron chi connectivity index (χ4n) is 2.56. The number of hydrogen-bond acceptors (Lipinski definition) is 2. The summed E-state index contributed by atoms with van der Waals surface area (Å²) in [5, 5.41) is 5.42. The molecule has 0 saturated carbocycles. The van der Waals surface area contributed by atoms with Gasteiger partial charge in [0.05, 0.1) is 0 Å². The summed E-state index contributed by atoms with van der Waals surface area (Å²) >= 11 is 0. The van der Waals surface area contributed by atoms with Crippen LogP contribution in [0.5, 0.6) is 0 Å². The first kappa shape index (κ1) is 14.4. The van der Waals surface area contributed by atoms with Crippen molar-refractivity contribution < 1.29 is 9.18 Å². The molecule has 0 atom stereocenters. The van der Waals surface area contributed by atoms with Crippen molar-refractivity contribution in [1.29, 1.82) is 0 Å². The highest BCUT2D eigenvalue weighted by Crippen LogP contribution is 2.22. The van der Waals surface area contributed by atoms with Crippen molar-refractivity contribution in [3.63, 3.8) is 0 Å². The molecule has 0 bridgehead atoms. The van der Waals surface area contributed by atoms with Crippen LogP contribution in [-0.2, 0) is 0 Å². The van der Waals surface area contributed by atoms with Gasteiger partial charge in [-0.25, -0.2) is 9.18 Å². The largest absolute Gasteiger partial charge is 0.372 e. The molecular formula is C17H18FN3O. The van der Waals surface area contributed by atoms with Gasteiger partial charge in [-0.1, -0.05) is 0 Å². The van der Waals surface area contributed by atoms with E-state index in [-0.39, 0.29) is 11.8 Å². The Morgan fingerprint density at radius 1 is 0.864 bits per heavy atom. The van der Waals surface area contributed by atoms with E-state index in [2.05, 4.69) is 15.5 Å². The second-order valence-corrected chi connectivity index (χ2v) is 5.33. The predicted octanol–water partition coefficient (Wildman–Crippen LogP) is 4.07. The van der Waals surface area contributed by atoms with Gasteiger partial charge in [0, 0.05) is 30.2 Å². The molecule has 2 aromatic carbocycles. The molecule has 2 N–H and O–H groups in total. The second-order valence-electron chi connectivity index (χ2n) is 5.33. The van der Waals surface area contributed by atoms with E-state index in [4.69, 9.17) is 0 Å². The van der Waals surface area contributed by atoms with Crippen LogP contribution in [0.1, 0.15) is 12.8 Å². The van der Waals surface area contributed by atoms with Crippen molar-refractivity contribution in [2.75, 3.05) is 28.6 Å². The summed E-state index contributed by atoms with van der Waals surface area (Å²) in [6.07, 6.45) is 2.47. The zero-order chi connectivity index (χ0) is 15.4. The van der Waals surface area contributed by atoms with Gasteiger partial charge in [-0.2, -0.15) is 0 Å². The van der Waals surface area contributed by atoms with Gasteiger partial charge in [-0.3, -0.25) is 0 Å². The summed E-state index contributed by atoms with van der Waals surface area (Å²) in [4.78, 5) is 14.2. The minimum Gasteiger partial charge on any atom is -0.372 e. The summed E-state index contributed by atoms with van der Waals surface area (Å²) in [6.45, 7) is 2.19. The van der Waals surface area contributed by atoms with Gasteiger partial charge < -0.3 is 15.5 Å². The summed E-state index contributed by atoms with van der Waals surface area (Å²) < 4.78 is 12.8. The third-order valence-corrected chi connectivity index (χ3v) is 3.70. The third kappa shape index (κ3) is 3.55. The van der Waals surface area contributed by atoms with E-state index < -0.39 is 0 Å². The van der Waals surface area contributed by atoms with E-state index in [9.17, 15) is 9.18 Å². The van der Waals surface area contributed by atoms with E-state index in [1.807, 2.05) is 24.3 Å². The molecule has 0 spiro atoms. The maximum absolute atomic E-state index is 12.8. The van der Waals surface area contributed by atoms with Crippen molar-refractivity contribution in [3.8, 4) is 0 Å². The number of anilines is 3. The molecule has 5 heteroatoms. The lowest BCUT2D eigenvalue weighted by Crippen LogP contribution is -2.20. The Hall–Kier alpha value is -2.56. The van der Waals surface area contributed by atoms with E-state index in [1.54, 1.807) is 0 Å². The van der Waals surface area contributed by atoms with E-state index in [1.165, 1.54) is 42.8 Å². The number of carbonyl (C=O) groups is 1. The van der Waals surface area contributed by atoms with Gasteiger partial charge in [0.25, 0.3) is 0 Å². The number of amides is 2. The van der Waals surface area contributed by atoms with Crippen LogP contribution in [-0.4, -0.2) is 19.1 Å². The van der Waals surface area contributed by atoms with Gasteiger partial charge in [-0.05, 0) is 61.4 Å². The van der Waals surface area contributed by atoms with Crippen LogP contribution in [0.25, 0.3) is 0 Å². The quantitative estimate of drug-likeness (QED) is 0.897. The molecule has 114 valence electrons. The van der Waals surface area contributed by atoms with Crippen molar-refractivity contribution >= 4 is 23.1 Å². The summed E-state index contributed by atoms with van der Waals surface area (Å²) in [6, 6.07) is 13.1. The first-order valence-electron chi connectivity index (χ1n) is 7.39. The number of halogens is 1. The molecule has 1 saturated heterocycles. The Bertz CT molecular complexity index is 634. The topological polar surface area (TPSA) is 44.4 Å². The minimum atomic E-state index is -0.347. The van der Waals surface area contributed by atoms with E-state index in [0.29, 0.717) is 5.69 Å². The van der Waals surface area contributed by atoms with E-state index >= 15 is 0 Å². The molecule has 22 heavy (non-hydrogen) atoms.